The molecule has 0 fully saturated rings. The molecule has 0 aliphatic rings. The average Bonchev–Trinajstić information content (AvgIpc) is 2.74. The summed E-state index contributed by atoms with van der Waals surface area (Å²) < 4.78 is 0. The van der Waals surface area contributed by atoms with Gasteiger partial charge in [0.15, 0.2) is 0 Å². The summed E-state index contributed by atoms with van der Waals surface area (Å²) in [7, 11) is 0. The fourth-order valence-electron chi connectivity index (χ4n) is 2.72. The predicted octanol–water partition coefficient (Wildman–Crippen LogP) is 2.87. The van der Waals surface area contributed by atoms with E-state index >= 15 is 0 Å². The Morgan fingerprint density at radius 1 is 0.821 bits per heavy atom. The molecule has 0 bridgehead atoms. The third-order valence-electron chi connectivity index (χ3n) is 4.45. The maximum Gasteiger partial charge on any atom is 0.232 e. The smallest absolute Gasteiger partial charge is 0.232 e. The lowest BCUT2D eigenvalue weighted by atomic mass is 10.0. The average molecular weight is 377 g/mol. The molecule has 5 nitrogen and oxygen atoms in total. The minimum Gasteiger partial charge on any atom is -0.351 e. The summed E-state index contributed by atoms with van der Waals surface area (Å²) in [4.78, 5) is 25.0. The fraction of sp³-hybridized carbons (Fsp3) is 0.217. The predicted molar refractivity (Wildman–Crippen MR) is 114 cm³/mol. The van der Waals surface area contributed by atoms with Crippen molar-refractivity contribution >= 4 is 24.0 Å². The van der Waals surface area contributed by atoms with E-state index in [9.17, 15) is 9.59 Å². The quantitative estimate of drug-likeness (QED) is 0.557. The topological polar surface area (TPSA) is 84.2 Å². The van der Waals surface area contributed by atoms with Crippen molar-refractivity contribution in [3.8, 4) is 0 Å². The van der Waals surface area contributed by atoms with Gasteiger partial charge in [-0.25, -0.2) is 0 Å². The molecule has 0 spiro atoms. The van der Waals surface area contributed by atoms with E-state index in [4.69, 9.17) is 5.73 Å². The summed E-state index contributed by atoms with van der Waals surface area (Å²) >= 11 is 0. The molecular weight excluding hydrogens is 350 g/mol. The first-order valence-electron chi connectivity index (χ1n) is 9.25. The first-order chi connectivity index (χ1) is 13.6. The Balaban J connectivity index is 1.91. The molecule has 4 N–H and O–H groups in total. The first kappa shape index (κ1) is 21.1. The number of nitrogens with one attached hydrogen (secondary N) is 2. The van der Waals surface area contributed by atoms with E-state index in [0.29, 0.717) is 19.5 Å². The number of carbonyl (C=O) groups excluding carboxylic acids is 2. The molecule has 2 amide bonds. The molecule has 0 heterocycles. The Kier molecular flexibility index (Phi) is 8.18. The zero-order chi connectivity index (χ0) is 20.4. The van der Waals surface area contributed by atoms with E-state index in [1.165, 1.54) is 0 Å². The molecule has 0 aromatic heterocycles. The molecule has 2 rings (SSSR count). The zero-order valence-corrected chi connectivity index (χ0v) is 16.0. The summed E-state index contributed by atoms with van der Waals surface area (Å²) in [6, 6.07) is 15.4. The van der Waals surface area contributed by atoms with Crippen LogP contribution < -0.4 is 16.4 Å². The zero-order valence-electron chi connectivity index (χ0n) is 16.0. The molecular formula is C23H27N3O2. The molecule has 2 aromatic carbocycles. The van der Waals surface area contributed by atoms with E-state index in [-0.39, 0.29) is 18.4 Å². The van der Waals surface area contributed by atoms with Gasteiger partial charge < -0.3 is 16.4 Å². The number of nitrogens with two attached hydrogens (primary N) is 1. The Morgan fingerprint density at radius 2 is 1.21 bits per heavy atom. The SMILES string of the molecule is C=Cc1ccc(CNC(=O)C(CCN)C(=O)NCc2ccc(C=C)cc2)cc1. The van der Waals surface area contributed by atoms with E-state index in [0.717, 1.165) is 22.3 Å². The van der Waals surface area contributed by atoms with E-state index in [1.54, 1.807) is 12.2 Å². The monoisotopic (exact) mass is 377 g/mol. The number of hydrogen-bond acceptors (Lipinski definition) is 3. The van der Waals surface area contributed by atoms with Gasteiger partial charge in [0.05, 0.1) is 0 Å². The Labute approximate surface area is 166 Å². The van der Waals surface area contributed by atoms with Gasteiger partial charge in [0.2, 0.25) is 11.8 Å². The highest BCUT2D eigenvalue weighted by Gasteiger charge is 2.25. The molecule has 5 heteroatoms. The second-order valence-corrected chi connectivity index (χ2v) is 6.46. The van der Waals surface area contributed by atoms with Crippen molar-refractivity contribution in [3.05, 3.63) is 83.9 Å². The van der Waals surface area contributed by atoms with Gasteiger partial charge in [-0.2, -0.15) is 0 Å². The number of amides is 2. The fourth-order valence-corrected chi connectivity index (χ4v) is 2.72. The molecule has 0 unspecified atom stereocenters. The maximum atomic E-state index is 12.5. The molecule has 0 aliphatic carbocycles. The van der Waals surface area contributed by atoms with Gasteiger partial charge in [-0.15, -0.1) is 0 Å². The highest BCUT2D eigenvalue weighted by atomic mass is 16.2. The van der Waals surface area contributed by atoms with Crippen LogP contribution in [0.1, 0.15) is 28.7 Å². The lowest BCUT2D eigenvalue weighted by molar-refractivity contribution is -0.135. The maximum absolute atomic E-state index is 12.5. The Morgan fingerprint density at radius 3 is 1.54 bits per heavy atom. The van der Waals surface area contributed by atoms with Crippen molar-refractivity contribution < 1.29 is 9.59 Å². The molecule has 0 aliphatic heterocycles. The van der Waals surface area contributed by atoms with Crippen LogP contribution in [-0.4, -0.2) is 18.4 Å². The minimum absolute atomic E-state index is 0.258. The summed E-state index contributed by atoms with van der Waals surface area (Å²) in [6.07, 6.45) is 3.81. The van der Waals surface area contributed by atoms with Gasteiger partial charge >= 0.3 is 0 Å². The van der Waals surface area contributed by atoms with Crippen molar-refractivity contribution in [2.45, 2.75) is 19.5 Å². The van der Waals surface area contributed by atoms with Crippen LogP contribution in [-0.2, 0) is 22.7 Å². The van der Waals surface area contributed by atoms with Crippen LogP contribution in [0.4, 0.5) is 0 Å². The van der Waals surface area contributed by atoms with E-state index in [2.05, 4.69) is 23.8 Å². The molecule has 28 heavy (non-hydrogen) atoms. The van der Waals surface area contributed by atoms with Crippen molar-refractivity contribution in [3.63, 3.8) is 0 Å². The Hall–Kier alpha value is -3.18. The number of carbonyl (C=O) groups is 2. The standard InChI is InChI=1S/C23H27N3O2/c1-3-17-5-9-19(10-6-17)15-25-22(27)21(13-14-24)23(28)26-16-20-11-7-18(4-2)8-12-20/h3-12,21H,1-2,13-16,24H2,(H,25,27)(H,26,28). The van der Waals surface area contributed by atoms with Gasteiger partial charge in [0.25, 0.3) is 0 Å². The van der Waals surface area contributed by atoms with E-state index in [1.807, 2.05) is 48.5 Å². The number of hydrogen-bond donors (Lipinski definition) is 3. The summed E-state index contributed by atoms with van der Waals surface area (Å²) in [5.41, 5.74) is 9.53. The lowest BCUT2D eigenvalue weighted by Gasteiger charge is -2.16. The molecule has 0 saturated heterocycles. The third-order valence-corrected chi connectivity index (χ3v) is 4.45. The van der Waals surface area contributed by atoms with Crippen LogP contribution in [0.25, 0.3) is 12.2 Å². The first-order valence-corrected chi connectivity index (χ1v) is 9.25. The van der Waals surface area contributed by atoms with Crippen LogP contribution in [0.5, 0.6) is 0 Å². The van der Waals surface area contributed by atoms with Crippen LogP contribution in [0.2, 0.25) is 0 Å². The number of benzene rings is 2. The van der Waals surface area contributed by atoms with Gasteiger partial charge in [-0.05, 0) is 35.2 Å². The molecule has 146 valence electrons. The van der Waals surface area contributed by atoms with Crippen LogP contribution >= 0.6 is 0 Å². The molecule has 0 atom stereocenters. The van der Waals surface area contributed by atoms with Crippen molar-refractivity contribution in [2.75, 3.05) is 6.54 Å². The second kappa shape index (κ2) is 10.8. The highest BCUT2D eigenvalue weighted by molar-refractivity contribution is 6.00. The van der Waals surface area contributed by atoms with E-state index < -0.39 is 5.92 Å². The number of rotatable bonds is 10. The molecule has 0 saturated carbocycles. The summed E-state index contributed by atoms with van der Waals surface area (Å²) in [5, 5.41) is 5.65. The Bertz CT molecular complexity index is 743. The van der Waals surface area contributed by atoms with Crippen LogP contribution in [0.3, 0.4) is 0 Å². The van der Waals surface area contributed by atoms with Crippen LogP contribution in [0, 0.1) is 5.92 Å². The van der Waals surface area contributed by atoms with Gasteiger partial charge in [-0.1, -0.05) is 73.8 Å². The lowest BCUT2D eigenvalue weighted by Crippen LogP contribution is -2.41. The highest BCUT2D eigenvalue weighted by Crippen LogP contribution is 2.09. The van der Waals surface area contributed by atoms with Crippen molar-refractivity contribution in [1.82, 2.24) is 10.6 Å². The largest absolute Gasteiger partial charge is 0.351 e. The van der Waals surface area contributed by atoms with Gasteiger partial charge in [-0.3, -0.25) is 9.59 Å². The third kappa shape index (κ3) is 6.21. The van der Waals surface area contributed by atoms with Gasteiger partial charge in [0, 0.05) is 13.1 Å². The van der Waals surface area contributed by atoms with Crippen molar-refractivity contribution in [2.24, 2.45) is 11.7 Å². The second-order valence-electron chi connectivity index (χ2n) is 6.46. The normalized spacial score (nSPS) is 10.4. The minimum atomic E-state index is -0.815. The summed E-state index contributed by atoms with van der Waals surface area (Å²) in [5.74, 6) is -1.46. The summed E-state index contributed by atoms with van der Waals surface area (Å²) in [6.45, 7) is 8.40. The molecule has 0 radical (unpaired) electrons. The van der Waals surface area contributed by atoms with Gasteiger partial charge in [0.1, 0.15) is 5.92 Å². The molecule has 2 aromatic rings. The van der Waals surface area contributed by atoms with Crippen LogP contribution in [0.15, 0.2) is 61.7 Å². The van der Waals surface area contributed by atoms with Crippen molar-refractivity contribution in [1.29, 1.82) is 0 Å².